The van der Waals surface area contributed by atoms with Gasteiger partial charge in [-0.25, -0.2) is 0 Å². The van der Waals surface area contributed by atoms with Crippen LogP contribution in [0, 0.1) is 0 Å². The number of likely N-dealkylation sites (N-methyl/N-ethyl adjacent to an activating group) is 1. The Balaban J connectivity index is 1.74. The van der Waals surface area contributed by atoms with Gasteiger partial charge in [0.15, 0.2) is 0 Å². The molecule has 1 aliphatic heterocycles. The number of phenols is 1. The molecule has 146 valence electrons. The van der Waals surface area contributed by atoms with Crippen LogP contribution < -0.4 is 5.32 Å². The molecule has 0 saturated heterocycles. The van der Waals surface area contributed by atoms with Gasteiger partial charge in [-0.3, -0.25) is 9.59 Å². The van der Waals surface area contributed by atoms with E-state index in [1.54, 1.807) is 11.0 Å². The highest BCUT2D eigenvalue weighted by Crippen LogP contribution is 2.32. The van der Waals surface area contributed by atoms with E-state index < -0.39 is 0 Å². The molecule has 0 fully saturated rings. The molecule has 2 N–H and O–H groups in total. The number of aromatic hydroxyl groups is 1. The molecule has 0 saturated carbocycles. The number of halogens is 1. The van der Waals surface area contributed by atoms with Crippen molar-refractivity contribution in [3.63, 3.8) is 0 Å². The van der Waals surface area contributed by atoms with Gasteiger partial charge in [0.1, 0.15) is 5.75 Å². The number of carbonyl (C=O) groups is 2. The predicted octanol–water partition coefficient (Wildman–Crippen LogP) is 3.26. The van der Waals surface area contributed by atoms with Gasteiger partial charge >= 0.3 is 0 Å². The molecule has 2 aromatic rings. The fourth-order valence-corrected chi connectivity index (χ4v) is 3.33. The predicted molar refractivity (Wildman–Crippen MR) is 109 cm³/mol. The van der Waals surface area contributed by atoms with Crippen molar-refractivity contribution >= 4 is 29.1 Å². The van der Waals surface area contributed by atoms with Crippen LogP contribution in [0.4, 0.5) is 5.69 Å². The number of amides is 2. The molecule has 0 aliphatic carbocycles. The summed E-state index contributed by atoms with van der Waals surface area (Å²) < 4.78 is 0. The van der Waals surface area contributed by atoms with Crippen molar-refractivity contribution in [2.45, 2.75) is 13.1 Å². The minimum Gasteiger partial charge on any atom is -0.508 e. The van der Waals surface area contributed by atoms with Gasteiger partial charge < -0.3 is 20.2 Å². The molecule has 7 heteroatoms. The first-order valence-corrected chi connectivity index (χ1v) is 9.23. The number of nitrogens with one attached hydrogen (secondary N) is 1. The summed E-state index contributed by atoms with van der Waals surface area (Å²) in [5.41, 5.74) is 2.94. The number of benzene rings is 2. The van der Waals surface area contributed by atoms with Crippen LogP contribution in [0.5, 0.6) is 5.75 Å². The summed E-state index contributed by atoms with van der Waals surface area (Å²) in [5.74, 6) is -0.412. The van der Waals surface area contributed by atoms with Gasteiger partial charge in [-0.2, -0.15) is 0 Å². The van der Waals surface area contributed by atoms with Crippen LogP contribution in [0.15, 0.2) is 48.6 Å². The smallest absolute Gasteiger partial charge is 0.255 e. The van der Waals surface area contributed by atoms with Gasteiger partial charge in [0.2, 0.25) is 5.91 Å². The van der Waals surface area contributed by atoms with Crippen LogP contribution in [0.1, 0.15) is 21.5 Å². The van der Waals surface area contributed by atoms with Crippen LogP contribution in [0.2, 0.25) is 5.02 Å². The summed E-state index contributed by atoms with van der Waals surface area (Å²) in [7, 11) is 3.86. The molecular weight excluding hydrogens is 378 g/mol. The fourth-order valence-electron chi connectivity index (χ4n) is 3.08. The zero-order valence-corrected chi connectivity index (χ0v) is 16.5. The van der Waals surface area contributed by atoms with E-state index in [2.05, 4.69) is 5.32 Å². The molecule has 0 bridgehead atoms. The number of hydrogen-bond donors (Lipinski definition) is 2. The molecule has 2 aromatic carbocycles. The van der Waals surface area contributed by atoms with Gasteiger partial charge in [0.05, 0.1) is 10.6 Å². The summed E-state index contributed by atoms with van der Waals surface area (Å²) in [4.78, 5) is 28.6. The molecule has 0 spiro atoms. The summed E-state index contributed by atoms with van der Waals surface area (Å²) in [6.07, 6.45) is 3.30. The largest absolute Gasteiger partial charge is 0.508 e. The molecule has 6 nitrogen and oxygen atoms in total. The molecule has 2 amide bonds. The Morgan fingerprint density at radius 2 is 2.04 bits per heavy atom. The maximum absolute atomic E-state index is 12.8. The Morgan fingerprint density at radius 3 is 2.75 bits per heavy atom. The standard InChI is InChI=1S/C21H22ClN3O3/c1-24(2)10-4-7-20(27)23-19-6-3-5-14-12-25(13-17(14)19)21(28)16-9-8-15(26)11-18(16)22/h3-9,11,26H,10,12-13H2,1-2H3,(H,23,27)/b7-4+. The molecule has 1 heterocycles. The van der Waals surface area contributed by atoms with E-state index in [9.17, 15) is 14.7 Å². The highest BCUT2D eigenvalue weighted by molar-refractivity contribution is 6.34. The van der Waals surface area contributed by atoms with Crippen LogP contribution in [-0.2, 0) is 17.9 Å². The van der Waals surface area contributed by atoms with Crippen molar-refractivity contribution < 1.29 is 14.7 Å². The number of hydrogen-bond acceptors (Lipinski definition) is 4. The Labute approximate surface area is 169 Å². The van der Waals surface area contributed by atoms with Crippen molar-refractivity contribution in [1.82, 2.24) is 9.80 Å². The number of nitrogens with zero attached hydrogens (tertiary/aromatic N) is 2. The van der Waals surface area contributed by atoms with Crippen molar-refractivity contribution in [2.24, 2.45) is 0 Å². The van der Waals surface area contributed by atoms with E-state index in [4.69, 9.17) is 11.6 Å². The first-order valence-electron chi connectivity index (χ1n) is 8.86. The number of fused-ring (bicyclic) bond motifs is 1. The topological polar surface area (TPSA) is 72.9 Å². The van der Waals surface area contributed by atoms with Crippen LogP contribution in [-0.4, -0.2) is 47.4 Å². The van der Waals surface area contributed by atoms with Gasteiger partial charge in [-0.05, 0) is 43.9 Å². The van der Waals surface area contributed by atoms with Crippen molar-refractivity contribution in [1.29, 1.82) is 0 Å². The lowest BCUT2D eigenvalue weighted by molar-refractivity contribution is -0.111. The third-order valence-electron chi connectivity index (χ3n) is 4.45. The monoisotopic (exact) mass is 399 g/mol. The quantitative estimate of drug-likeness (QED) is 0.757. The van der Waals surface area contributed by atoms with E-state index in [-0.39, 0.29) is 22.6 Å². The summed E-state index contributed by atoms with van der Waals surface area (Å²) in [5, 5.41) is 12.6. The molecule has 0 unspecified atom stereocenters. The lowest BCUT2D eigenvalue weighted by atomic mass is 10.1. The second-order valence-electron chi connectivity index (χ2n) is 6.92. The Morgan fingerprint density at radius 1 is 1.25 bits per heavy atom. The van der Waals surface area contributed by atoms with E-state index in [1.807, 2.05) is 37.2 Å². The lowest BCUT2D eigenvalue weighted by Crippen LogP contribution is -2.25. The normalized spacial score (nSPS) is 13.2. The summed E-state index contributed by atoms with van der Waals surface area (Å²) in [6.45, 7) is 1.49. The summed E-state index contributed by atoms with van der Waals surface area (Å²) >= 11 is 6.11. The maximum atomic E-state index is 12.8. The highest BCUT2D eigenvalue weighted by atomic mass is 35.5. The minimum absolute atomic E-state index is 0.0126. The molecule has 28 heavy (non-hydrogen) atoms. The fraction of sp³-hybridized carbons (Fsp3) is 0.238. The zero-order chi connectivity index (χ0) is 20.3. The van der Waals surface area contributed by atoms with Gasteiger partial charge in [-0.1, -0.05) is 29.8 Å². The average molecular weight is 400 g/mol. The number of carbonyl (C=O) groups excluding carboxylic acids is 2. The highest BCUT2D eigenvalue weighted by Gasteiger charge is 2.27. The van der Waals surface area contributed by atoms with Gasteiger partial charge in [0.25, 0.3) is 5.91 Å². The maximum Gasteiger partial charge on any atom is 0.255 e. The van der Waals surface area contributed by atoms with Crippen LogP contribution in [0.25, 0.3) is 0 Å². The number of anilines is 1. The molecule has 1 aliphatic rings. The Kier molecular flexibility index (Phi) is 6.02. The van der Waals surface area contributed by atoms with Gasteiger partial charge in [-0.15, -0.1) is 0 Å². The van der Waals surface area contributed by atoms with E-state index in [1.165, 1.54) is 24.3 Å². The first-order chi connectivity index (χ1) is 13.3. The molecule has 0 aromatic heterocycles. The molecular formula is C21H22ClN3O3. The van der Waals surface area contributed by atoms with E-state index in [0.29, 0.717) is 30.9 Å². The van der Waals surface area contributed by atoms with E-state index >= 15 is 0 Å². The van der Waals surface area contributed by atoms with Crippen molar-refractivity contribution in [2.75, 3.05) is 26.0 Å². The zero-order valence-electron chi connectivity index (χ0n) is 15.8. The van der Waals surface area contributed by atoms with E-state index in [0.717, 1.165) is 11.1 Å². The first kappa shape index (κ1) is 19.9. The molecule has 0 atom stereocenters. The second kappa shape index (κ2) is 8.46. The van der Waals surface area contributed by atoms with Crippen LogP contribution in [0.3, 0.4) is 0 Å². The third-order valence-corrected chi connectivity index (χ3v) is 4.76. The SMILES string of the molecule is CN(C)C/C=C/C(=O)Nc1cccc2c1CN(C(=O)c1ccc(O)cc1Cl)C2. The Hall–Kier alpha value is -2.83. The second-order valence-corrected chi connectivity index (χ2v) is 7.33. The van der Waals surface area contributed by atoms with Gasteiger partial charge in [0, 0.05) is 37.0 Å². The number of rotatable bonds is 5. The average Bonchev–Trinajstić information content (AvgIpc) is 3.06. The number of phenolic OH excluding ortho intramolecular Hbond substituents is 1. The van der Waals surface area contributed by atoms with Crippen molar-refractivity contribution in [3.05, 3.63) is 70.3 Å². The Bertz CT molecular complexity index is 940. The molecule has 0 radical (unpaired) electrons. The van der Waals surface area contributed by atoms with Crippen LogP contribution >= 0.6 is 11.6 Å². The third kappa shape index (κ3) is 4.52. The minimum atomic E-state index is -0.218. The lowest BCUT2D eigenvalue weighted by Gasteiger charge is -2.16. The van der Waals surface area contributed by atoms with Crippen molar-refractivity contribution in [3.8, 4) is 5.75 Å². The molecule has 3 rings (SSSR count). The summed E-state index contributed by atoms with van der Waals surface area (Å²) in [6, 6.07) is 9.94.